The molecule has 1 amide bonds. The maximum atomic E-state index is 11.8. The normalized spacial score (nSPS) is 10.3. The Kier molecular flexibility index (Phi) is 5.12. The summed E-state index contributed by atoms with van der Waals surface area (Å²) in [6.07, 6.45) is 0. The van der Waals surface area contributed by atoms with E-state index in [0.717, 1.165) is 17.1 Å². The fourth-order valence-electron chi connectivity index (χ4n) is 1.78. The van der Waals surface area contributed by atoms with Crippen LogP contribution in [0.15, 0.2) is 36.4 Å². The van der Waals surface area contributed by atoms with Gasteiger partial charge in [0.25, 0.3) is 0 Å². The molecule has 0 saturated heterocycles. The average Bonchev–Trinajstić information content (AvgIpc) is 2.38. The predicted molar refractivity (Wildman–Crippen MR) is 82.7 cm³/mol. The van der Waals surface area contributed by atoms with Crippen LogP contribution in [-0.2, 0) is 10.5 Å². The first-order valence-corrected chi connectivity index (χ1v) is 7.53. The molecule has 104 valence electrons. The van der Waals surface area contributed by atoms with Crippen molar-refractivity contribution >= 4 is 23.6 Å². The van der Waals surface area contributed by atoms with Gasteiger partial charge in [-0.25, -0.2) is 9.97 Å². The lowest BCUT2D eigenvalue weighted by atomic mass is 10.2. The Balaban J connectivity index is 1.81. The third kappa shape index (κ3) is 4.66. The van der Waals surface area contributed by atoms with E-state index in [2.05, 4.69) is 27.4 Å². The van der Waals surface area contributed by atoms with Gasteiger partial charge in [0, 0.05) is 17.1 Å². The molecule has 1 aromatic carbocycles. The molecular weight excluding hydrogens is 270 g/mol. The van der Waals surface area contributed by atoms with E-state index in [1.807, 2.05) is 38.1 Å². The van der Waals surface area contributed by atoms with Crippen LogP contribution in [0, 0.1) is 13.8 Å². The molecule has 20 heavy (non-hydrogen) atoms. The second-order valence-electron chi connectivity index (χ2n) is 4.50. The topological polar surface area (TPSA) is 54.9 Å². The number of hydrogen-bond acceptors (Lipinski definition) is 4. The molecule has 0 aliphatic rings. The smallest absolute Gasteiger partial charge is 0.236 e. The lowest BCUT2D eigenvalue weighted by molar-refractivity contribution is -0.113. The van der Waals surface area contributed by atoms with Gasteiger partial charge in [0.15, 0.2) is 0 Å². The Hall–Kier alpha value is -1.88. The summed E-state index contributed by atoms with van der Waals surface area (Å²) in [7, 11) is 0. The van der Waals surface area contributed by atoms with Crippen molar-refractivity contribution in [3.8, 4) is 0 Å². The lowest BCUT2D eigenvalue weighted by Crippen LogP contribution is -2.16. The first-order chi connectivity index (χ1) is 9.63. The molecule has 0 spiro atoms. The first-order valence-electron chi connectivity index (χ1n) is 6.37. The first kappa shape index (κ1) is 14.5. The zero-order chi connectivity index (χ0) is 14.4. The number of carbonyl (C=O) groups is 1. The Morgan fingerprint density at radius 1 is 1.15 bits per heavy atom. The minimum atomic E-state index is -0.0732. The standard InChI is InChI=1S/C15H17N3OS/c1-11-8-12(2)17-15(16-11)18-14(19)10-20-9-13-6-4-3-5-7-13/h3-8H,9-10H2,1-2H3,(H,16,17,18,19). The summed E-state index contributed by atoms with van der Waals surface area (Å²) in [6.45, 7) is 3.77. The summed E-state index contributed by atoms with van der Waals surface area (Å²) in [5.41, 5.74) is 2.92. The van der Waals surface area contributed by atoms with Gasteiger partial charge in [0.05, 0.1) is 5.75 Å². The van der Waals surface area contributed by atoms with Crippen LogP contribution in [0.4, 0.5) is 5.95 Å². The quantitative estimate of drug-likeness (QED) is 0.918. The number of hydrogen-bond donors (Lipinski definition) is 1. The van der Waals surface area contributed by atoms with E-state index < -0.39 is 0 Å². The molecular formula is C15H17N3OS. The van der Waals surface area contributed by atoms with Gasteiger partial charge < -0.3 is 0 Å². The predicted octanol–water partition coefficient (Wildman–Crippen LogP) is 2.97. The molecule has 0 unspecified atom stereocenters. The number of rotatable bonds is 5. The van der Waals surface area contributed by atoms with Crippen molar-refractivity contribution in [2.24, 2.45) is 0 Å². The molecule has 0 aliphatic carbocycles. The van der Waals surface area contributed by atoms with Crippen LogP contribution in [0.5, 0.6) is 0 Å². The lowest BCUT2D eigenvalue weighted by Gasteiger charge is -2.05. The molecule has 0 fully saturated rings. The number of amides is 1. The highest BCUT2D eigenvalue weighted by Crippen LogP contribution is 2.12. The Bertz CT molecular complexity index is 567. The molecule has 1 aromatic heterocycles. The molecule has 2 rings (SSSR count). The van der Waals surface area contributed by atoms with Gasteiger partial charge in [-0.05, 0) is 25.5 Å². The van der Waals surface area contributed by atoms with Crippen LogP contribution in [0.3, 0.4) is 0 Å². The van der Waals surface area contributed by atoms with E-state index >= 15 is 0 Å². The summed E-state index contributed by atoms with van der Waals surface area (Å²) in [4.78, 5) is 20.2. The van der Waals surface area contributed by atoms with Crippen LogP contribution in [0.1, 0.15) is 17.0 Å². The van der Waals surface area contributed by atoms with Gasteiger partial charge in [-0.3, -0.25) is 10.1 Å². The van der Waals surface area contributed by atoms with E-state index in [0.29, 0.717) is 11.7 Å². The third-order valence-electron chi connectivity index (χ3n) is 2.58. The van der Waals surface area contributed by atoms with Crippen LogP contribution in [-0.4, -0.2) is 21.6 Å². The minimum absolute atomic E-state index is 0.0732. The molecule has 0 atom stereocenters. The monoisotopic (exact) mass is 287 g/mol. The number of benzene rings is 1. The largest absolute Gasteiger partial charge is 0.294 e. The number of aromatic nitrogens is 2. The number of aryl methyl sites for hydroxylation is 2. The van der Waals surface area contributed by atoms with Crippen molar-refractivity contribution < 1.29 is 4.79 Å². The van der Waals surface area contributed by atoms with Crippen molar-refractivity contribution in [2.75, 3.05) is 11.1 Å². The number of nitrogens with zero attached hydrogens (tertiary/aromatic N) is 2. The van der Waals surface area contributed by atoms with Crippen molar-refractivity contribution in [3.63, 3.8) is 0 Å². The number of thioether (sulfide) groups is 1. The van der Waals surface area contributed by atoms with Crippen LogP contribution < -0.4 is 5.32 Å². The van der Waals surface area contributed by atoms with Crippen molar-refractivity contribution in [1.82, 2.24) is 9.97 Å². The van der Waals surface area contributed by atoms with E-state index in [-0.39, 0.29) is 5.91 Å². The van der Waals surface area contributed by atoms with Crippen molar-refractivity contribution in [3.05, 3.63) is 53.3 Å². The molecule has 2 aromatic rings. The maximum Gasteiger partial charge on any atom is 0.236 e. The molecule has 0 bridgehead atoms. The van der Waals surface area contributed by atoms with Crippen molar-refractivity contribution in [1.29, 1.82) is 0 Å². The Labute approximate surface area is 123 Å². The van der Waals surface area contributed by atoms with Crippen LogP contribution in [0.2, 0.25) is 0 Å². The van der Waals surface area contributed by atoms with Gasteiger partial charge in [0.1, 0.15) is 0 Å². The molecule has 4 nitrogen and oxygen atoms in total. The van der Waals surface area contributed by atoms with Gasteiger partial charge in [-0.15, -0.1) is 11.8 Å². The Morgan fingerprint density at radius 2 is 1.80 bits per heavy atom. The Morgan fingerprint density at radius 3 is 2.45 bits per heavy atom. The molecule has 5 heteroatoms. The third-order valence-corrected chi connectivity index (χ3v) is 3.58. The van der Waals surface area contributed by atoms with E-state index in [4.69, 9.17) is 0 Å². The average molecular weight is 287 g/mol. The number of nitrogens with one attached hydrogen (secondary N) is 1. The zero-order valence-corrected chi connectivity index (χ0v) is 12.4. The van der Waals surface area contributed by atoms with E-state index in [1.54, 1.807) is 11.8 Å². The molecule has 0 saturated carbocycles. The van der Waals surface area contributed by atoms with Gasteiger partial charge in [0.2, 0.25) is 11.9 Å². The molecule has 1 heterocycles. The minimum Gasteiger partial charge on any atom is -0.294 e. The highest BCUT2D eigenvalue weighted by Gasteiger charge is 2.06. The highest BCUT2D eigenvalue weighted by molar-refractivity contribution is 7.99. The van der Waals surface area contributed by atoms with Gasteiger partial charge in [-0.1, -0.05) is 30.3 Å². The second kappa shape index (κ2) is 7.05. The molecule has 0 radical (unpaired) electrons. The summed E-state index contributed by atoms with van der Waals surface area (Å²) in [5, 5.41) is 2.73. The van der Waals surface area contributed by atoms with E-state index in [9.17, 15) is 4.79 Å². The summed E-state index contributed by atoms with van der Waals surface area (Å²) < 4.78 is 0. The summed E-state index contributed by atoms with van der Waals surface area (Å²) in [6, 6.07) is 12.0. The zero-order valence-electron chi connectivity index (χ0n) is 11.6. The maximum absolute atomic E-state index is 11.8. The molecule has 0 aliphatic heterocycles. The number of carbonyl (C=O) groups excluding carboxylic acids is 1. The SMILES string of the molecule is Cc1cc(C)nc(NC(=O)CSCc2ccccc2)n1. The fraction of sp³-hybridized carbons (Fsp3) is 0.267. The molecule has 1 N–H and O–H groups in total. The fourth-order valence-corrected chi connectivity index (χ4v) is 2.57. The van der Waals surface area contributed by atoms with Gasteiger partial charge in [-0.2, -0.15) is 0 Å². The number of anilines is 1. The second-order valence-corrected chi connectivity index (χ2v) is 5.49. The van der Waals surface area contributed by atoms with E-state index in [1.165, 1.54) is 5.56 Å². The van der Waals surface area contributed by atoms with Crippen molar-refractivity contribution in [2.45, 2.75) is 19.6 Å². The highest BCUT2D eigenvalue weighted by atomic mass is 32.2. The summed E-state index contributed by atoms with van der Waals surface area (Å²) in [5.74, 6) is 1.52. The van der Waals surface area contributed by atoms with Crippen LogP contribution in [0.25, 0.3) is 0 Å². The van der Waals surface area contributed by atoms with Gasteiger partial charge >= 0.3 is 0 Å². The van der Waals surface area contributed by atoms with Crippen LogP contribution >= 0.6 is 11.8 Å². The summed E-state index contributed by atoms with van der Waals surface area (Å²) >= 11 is 1.57.